The number of nitrogens with zero attached hydrogens (tertiary/aromatic N) is 1. The zero-order valence-corrected chi connectivity index (χ0v) is 12.2. The fraction of sp³-hybridized carbons (Fsp3) is 0.500. The highest BCUT2D eigenvalue weighted by Gasteiger charge is 2.32. The van der Waals surface area contributed by atoms with E-state index in [2.05, 4.69) is 15.9 Å². The third kappa shape index (κ3) is 2.59. The van der Waals surface area contributed by atoms with Crippen LogP contribution < -0.4 is 5.73 Å². The molecule has 1 aromatic carbocycles. The average Bonchev–Trinajstić information content (AvgIpc) is 2.86. The molecule has 98 valence electrons. The molecule has 0 aromatic heterocycles. The van der Waals surface area contributed by atoms with Gasteiger partial charge >= 0.3 is 0 Å². The van der Waals surface area contributed by atoms with Gasteiger partial charge in [0.1, 0.15) is 0 Å². The van der Waals surface area contributed by atoms with Crippen LogP contribution in [0.15, 0.2) is 28.7 Å². The van der Waals surface area contributed by atoms with Crippen molar-refractivity contribution in [3.63, 3.8) is 0 Å². The van der Waals surface area contributed by atoms with E-state index < -0.39 is 0 Å². The van der Waals surface area contributed by atoms with Gasteiger partial charge in [0.2, 0.25) is 0 Å². The largest absolute Gasteiger partial charge is 0.338 e. The first-order chi connectivity index (χ1) is 8.65. The Morgan fingerprint density at radius 2 is 2.17 bits per heavy atom. The van der Waals surface area contributed by atoms with E-state index in [-0.39, 0.29) is 11.9 Å². The maximum atomic E-state index is 12.5. The molecule has 4 heteroatoms. The van der Waals surface area contributed by atoms with Crippen LogP contribution in [0.3, 0.4) is 0 Å². The van der Waals surface area contributed by atoms with Crippen molar-refractivity contribution in [2.75, 3.05) is 13.6 Å². The zero-order valence-electron chi connectivity index (χ0n) is 10.6. The van der Waals surface area contributed by atoms with Crippen molar-refractivity contribution in [3.8, 4) is 0 Å². The minimum Gasteiger partial charge on any atom is -0.338 e. The second-order valence-electron chi connectivity index (χ2n) is 4.89. The van der Waals surface area contributed by atoms with Gasteiger partial charge in [0, 0.05) is 17.6 Å². The lowest BCUT2D eigenvalue weighted by Gasteiger charge is -2.29. The van der Waals surface area contributed by atoms with Gasteiger partial charge in [0.15, 0.2) is 0 Å². The molecule has 1 aromatic rings. The quantitative estimate of drug-likeness (QED) is 0.933. The zero-order chi connectivity index (χ0) is 13.1. The summed E-state index contributed by atoms with van der Waals surface area (Å²) < 4.78 is 0.851. The van der Waals surface area contributed by atoms with Crippen LogP contribution in [0.25, 0.3) is 0 Å². The van der Waals surface area contributed by atoms with Gasteiger partial charge in [-0.05, 0) is 53.4 Å². The van der Waals surface area contributed by atoms with E-state index in [4.69, 9.17) is 5.73 Å². The Hall–Kier alpha value is -0.870. The van der Waals surface area contributed by atoms with Crippen molar-refractivity contribution in [1.29, 1.82) is 0 Å². The summed E-state index contributed by atoms with van der Waals surface area (Å²) in [5.41, 5.74) is 6.51. The molecular weight excluding hydrogens is 292 g/mol. The van der Waals surface area contributed by atoms with Gasteiger partial charge in [-0.1, -0.05) is 18.6 Å². The fourth-order valence-corrected chi connectivity index (χ4v) is 3.23. The lowest BCUT2D eigenvalue weighted by atomic mass is 10.0. The van der Waals surface area contributed by atoms with Crippen molar-refractivity contribution in [3.05, 3.63) is 34.3 Å². The number of hydrogen-bond acceptors (Lipinski definition) is 2. The molecule has 2 unspecified atom stereocenters. The molecule has 0 spiro atoms. The van der Waals surface area contributed by atoms with Crippen LogP contribution in [0.5, 0.6) is 0 Å². The maximum Gasteiger partial charge on any atom is 0.254 e. The van der Waals surface area contributed by atoms with Gasteiger partial charge < -0.3 is 10.6 Å². The van der Waals surface area contributed by atoms with Crippen LogP contribution >= 0.6 is 15.9 Å². The first-order valence-electron chi connectivity index (χ1n) is 6.37. The third-order valence-corrected chi connectivity index (χ3v) is 4.54. The highest BCUT2D eigenvalue weighted by molar-refractivity contribution is 9.10. The molecular formula is C14H19BrN2O. The van der Waals surface area contributed by atoms with E-state index in [1.54, 1.807) is 0 Å². The molecule has 1 saturated carbocycles. The van der Waals surface area contributed by atoms with Gasteiger partial charge in [-0.2, -0.15) is 0 Å². The molecule has 2 atom stereocenters. The molecule has 2 N–H and O–H groups in total. The van der Waals surface area contributed by atoms with Gasteiger partial charge in [0.25, 0.3) is 5.91 Å². The Morgan fingerprint density at radius 1 is 1.44 bits per heavy atom. The van der Waals surface area contributed by atoms with Crippen LogP contribution in [0.2, 0.25) is 0 Å². The average molecular weight is 311 g/mol. The number of nitrogens with two attached hydrogens (primary N) is 1. The summed E-state index contributed by atoms with van der Waals surface area (Å²) in [4.78, 5) is 14.3. The molecule has 0 aliphatic heterocycles. The molecule has 2 rings (SSSR count). The van der Waals surface area contributed by atoms with E-state index in [9.17, 15) is 4.79 Å². The summed E-state index contributed by atoms with van der Waals surface area (Å²) in [5.74, 6) is 0.522. The Labute approximate surface area is 116 Å². The Bertz CT molecular complexity index is 436. The molecule has 1 fully saturated rings. The molecule has 0 heterocycles. The van der Waals surface area contributed by atoms with Gasteiger partial charge in [-0.15, -0.1) is 0 Å². The van der Waals surface area contributed by atoms with Crippen molar-refractivity contribution in [2.24, 2.45) is 11.7 Å². The molecule has 0 saturated heterocycles. The number of carbonyl (C=O) groups excluding carboxylic acids is 1. The summed E-state index contributed by atoms with van der Waals surface area (Å²) >= 11 is 3.43. The molecule has 3 nitrogen and oxygen atoms in total. The smallest absolute Gasteiger partial charge is 0.254 e. The van der Waals surface area contributed by atoms with Crippen molar-refractivity contribution < 1.29 is 4.79 Å². The summed E-state index contributed by atoms with van der Waals surface area (Å²) in [6.07, 6.45) is 3.36. The predicted molar refractivity (Wildman–Crippen MR) is 76.4 cm³/mol. The summed E-state index contributed by atoms with van der Waals surface area (Å²) in [6, 6.07) is 7.85. The van der Waals surface area contributed by atoms with Gasteiger partial charge in [-0.3, -0.25) is 4.79 Å². The first-order valence-corrected chi connectivity index (χ1v) is 7.16. The maximum absolute atomic E-state index is 12.5. The van der Waals surface area contributed by atoms with E-state index in [0.29, 0.717) is 12.5 Å². The fourth-order valence-electron chi connectivity index (χ4n) is 2.78. The van der Waals surface area contributed by atoms with E-state index in [1.807, 2.05) is 36.2 Å². The van der Waals surface area contributed by atoms with Crippen LogP contribution in [-0.4, -0.2) is 30.4 Å². The minimum absolute atomic E-state index is 0.0767. The van der Waals surface area contributed by atoms with Crippen molar-refractivity contribution in [2.45, 2.75) is 25.3 Å². The van der Waals surface area contributed by atoms with Crippen LogP contribution in [0, 0.1) is 5.92 Å². The normalized spacial score (nSPS) is 23.1. The highest BCUT2D eigenvalue weighted by Crippen LogP contribution is 2.30. The molecule has 1 aliphatic rings. The number of amides is 1. The van der Waals surface area contributed by atoms with Crippen LogP contribution in [-0.2, 0) is 0 Å². The molecule has 0 radical (unpaired) electrons. The Kier molecular flexibility index (Phi) is 4.40. The second kappa shape index (κ2) is 5.85. The summed E-state index contributed by atoms with van der Waals surface area (Å²) in [6.45, 7) is 0.665. The Balaban J connectivity index is 2.16. The third-order valence-electron chi connectivity index (χ3n) is 3.84. The summed E-state index contributed by atoms with van der Waals surface area (Å²) in [5, 5.41) is 0. The van der Waals surface area contributed by atoms with E-state index in [0.717, 1.165) is 22.9 Å². The minimum atomic E-state index is 0.0767. The number of halogens is 1. The van der Waals surface area contributed by atoms with Gasteiger partial charge in [-0.25, -0.2) is 0 Å². The van der Waals surface area contributed by atoms with Crippen LogP contribution in [0.1, 0.15) is 29.6 Å². The first kappa shape index (κ1) is 13.6. The molecule has 1 amide bonds. The molecule has 18 heavy (non-hydrogen) atoms. The number of hydrogen-bond donors (Lipinski definition) is 1. The lowest BCUT2D eigenvalue weighted by Crippen LogP contribution is -2.41. The number of benzene rings is 1. The SMILES string of the molecule is CN(C(=O)c1ccccc1Br)C1CCCC1CN. The topological polar surface area (TPSA) is 46.3 Å². The van der Waals surface area contributed by atoms with E-state index >= 15 is 0 Å². The predicted octanol–water partition coefficient (Wildman–Crippen LogP) is 2.65. The Morgan fingerprint density at radius 3 is 2.83 bits per heavy atom. The molecule has 0 bridgehead atoms. The monoisotopic (exact) mass is 310 g/mol. The number of carbonyl (C=O) groups is 1. The standard InChI is InChI=1S/C14H19BrN2O/c1-17(13-8-4-5-10(13)9-16)14(18)11-6-2-3-7-12(11)15/h2-3,6-7,10,13H,4-5,8-9,16H2,1H3. The van der Waals surface area contributed by atoms with Crippen LogP contribution in [0.4, 0.5) is 0 Å². The van der Waals surface area contributed by atoms with Crippen molar-refractivity contribution in [1.82, 2.24) is 4.90 Å². The van der Waals surface area contributed by atoms with E-state index in [1.165, 1.54) is 6.42 Å². The summed E-state index contributed by atoms with van der Waals surface area (Å²) in [7, 11) is 1.89. The van der Waals surface area contributed by atoms with Gasteiger partial charge in [0.05, 0.1) is 5.56 Å². The van der Waals surface area contributed by atoms with Crippen molar-refractivity contribution >= 4 is 21.8 Å². The number of rotatable bonds is 3. The lowest BCUT2D eigenvalue weighted by molar-refractivity contribution is 0.0699. The molecule has 1 aliphatic carbocycles. The second-order valence-corrected chi connectivity index (χ2v) is 5.74. The highest BCUT2D eigenvalue weighted by atomic mass is 79.9.